The summed E-state index contributed by atoms with van der Waals surface area (Å²) in [5.41, 5.74) is 2.74. The number of hydrogen-bond acceptors (Lipinski definition) is 8. The maximum atomic E-state index is 12.9. The number of pyridine rings is 1. The standard InChI is InChI=1S/C23H22O6.C11H11NO2/c1-23(2)11-10-15-16(29-23)12-17-19(20(15)26-4)21(27-5)18(22(24)28-17)13-6-8-14(25-3)9-7-13;1-7-6-10(13)12-11-8(7)4-3-5-9(11)14-2/h6-12H,1-5H3;3-6H,1-2H3,(H,12,13). The average Bonchev–Trinajstić information content (AvgIpc) is 2.99. The summed E-state index contributed by atoms with van der Waals surface area (Å²) in [6.07, 6.45) is 3.91. The lowest BCUT2D eigenvalue weighted by Gasteiger charge is -2.29. The van der Waals surface area contributed by atoms with Crippen LogP contribution in [0.2, 0.25) is 0 Å². The van der Waals surface area contributed by atoms with Gasteiger partial charge in [-0.25, -0.2) is 4.79 Å². The molecule has 222 valence electrons. The molecule has 5 aromatic rings. The molecule has 43 heavy (non-hydrogen) atoms. The van der Waals surface area contributed by atoms with E-state index in [0.29, 0.717) is 50.8 Å². The fraction of sp³-hybridized carbons (Fsp3) is 0.235. The highest BCUT2D eigenvalue weighted by molar-refractivity contribution is 5.99. The summed E-state index contributed by atoms with van der Waals surface area (Å²) < 4.78 is 33.5. The number of hydrogen-bond donors (Lipinski definition) is 1. The van der Waals surface area contributed by atoms with Crippen molar-refractivity contribution >= 4 is 27.9 Å². The largest absolute Gasteiger partial charge is 0.497 e. The summed E-state index contributed by atoms with van der Waals surface area (Å²) >= 11 is 0. The Balaban J connectivity index is 0.000000220. The summed E-state index contributed by atoms with van der Waals surface area (Å²) in [5.74, 6) is 2.89. The van der Waals surface area contributed by atoms with Gasteiger partial charge >= 0.3 is 5.63 Å². The summed E-state index contributed by atoms with van der Waals surface area (Å²) in [5, 5.41) is 1.59. The van der Waals surface area contributed by atoms with Gasteiger partial charge in [-0.3, -0.25) is 4.79 Å². The molecule has 0 saturated heterocycles. The Morgan fingerprint density at radius 3 is 2.21 bits per heavy atom. The van der Waals surface area contributed by atoms with Crippen LogP contribution in [0.4, 0.5) is 0 Å². The van der Waals surface area contributed by atoms with Gasteiger partial charge in [-0.1, -0.05) is 24.3 Å². The number of para-hydroxylation sites is 1. The quantitative estimate of drug-likeness (QED) is 0.233. The molecule has 0 spiro atoms. The van der Waals surface area contributed by atoms with E-state index in [2.05, 4.69) is 4.98 Å². The number of nitrogens with one attached hydrogen (secondary N) is 1. The van der Waals surface area contributed by atoms with Gasteiger partial charge in [0.25, 0.3) is 0 Å². The molecule has 1 N–H and O–H groups in total. The molecule has 0 saturated carbocycles. The van der Waals surface area contributed by atoms with Crippen LogP contribution >= 0.6 is 0 Å². The number of aromatic nitrogens is 1. The number of fused-ring (bicyclic) bond motifs is 3. The van der Waals surface area contributed by atoms with Crippen LogP contribution < -0.4 is 34.9 Å². The highest BCUT2D eigenvalue weighted by Gasteiger charge is 2.29. The van der Waals surface area contributed by atoms with Crippen LogP contribution in [0, 0.1) is 6.92 Å². The first-order valence-electron chi connectivity index (χ1n) is 13.6. The van der Waals surface area contributed by atoms with E-state index in [0.717, 1.165) is 22.0 Å². The number of benzene rings is 3. The van der Waals surface area contributed by atoms with Gasteiger partial charge < -0.3 is 33.1 Å². The summed E-state index contributed by atoms with van der Waals surface area (Å²) in [7, 11) is 6.27. The number of methoxy groups -OCH3 is 4. The molecule has 0 atom stereocenters. The molecule has 0 bridgehead atoms. The number of H-pyrrole nitrogens is 1. The zero-order chi connectivity index (χ0) is 30.9. The normalized spacial score (nSPS) is 13.0. The molecule has 3 heterocycles. The van der Waals surface area contributed by atoms with E-state index < -0.39 is 11.2 Å². The smallest absolute Gasteiger partial charge is 0.347 e. The van der Waals surface area contributed by atoms with E-state index in [9.17, 15) is 9.59 Å². The van der Waals surface area contributed by atoms with Crippen molar-refractivity contribution in [1.82, 2.24) is 4.98 Å². The van der Waals surface area contributed by atoms with Gasteiger partial charge in [-0.2, -0.15) is 0 Å². The molecular weight excluding hydrogens is 550 g/mol. The van der Waals surface area contributed by atoms with Crippen molar-refractivity contribution in [2.45, 2.75) is 26.4 Å². The minimum Gasteiger partial charge on any atom is -0.497 e. The third-order valence-electron chi connectivity index (χ3n) is 7.18. The first-order chi connectivity index (χ1) is 20.6. The van der Waals surface area contributed by atoms with Crippen LogP contribution in [0.5, 0.6) is 28.7 Å². The molecule has 0 unspecified atom stereocenters. The lowest BCUT2D eigenvalue weighted by atomic mass is 9.98. The molecule has 0 radical (unpaired) electrons. The number of aromatic amines is 1. The third-order valence-corrected chi connectivity index (χ3v) is 7.18. The molecule has 9 nitrogen and oxygen atoms in total. The molecule has 0 aliphatic carbocycles. The van der Waals surface area contributed by atoms with Crippen LogP contribution in [0.1, 0.15) is 25.0 Å². The van der Waals surface area contributed by atoms with E-state index in [1.807, 2.05) is 51.1 Å². The molecule has 6 rings (SSSR count). The highest BCUT2D eigenvalue weighted by Crippen LogP contribution is 2.47. The molecule has 9 heteroatoms. The third kappa shape index (κ3) is 5.53. The van der Waals surface area contributed by atoms with Crippen LogP contribution in [0.25, 0.3) is 39.1 Å². The molecule has 2 aromatic heterocycles. The Morgan fingerprint density at radius 2 is 1.56 bits per heavy atom. The van der Waals surface area contributed by atoms with Crippen molar-refractivity contribution in [3.8, 4) is 39.9 Å². The maximum absolute atomic E-state index is 12.9. The van der Waals surface area contributed by atoms with Gasteiger partial charge in [-0.15, -0.1) is 0 Å². The lowest BCUT2D eigenvalue weighted by Crippen LogP contribution is -2.27. The number of rotatable bonds is 5. The van der Waals surface area contributed by atoms with Crippen LogP contribution in [-0.4, -0.2) is 39.0 Å². The Bertz CT molecular complexity index is 1970. The Labute approximate surface area is 248 Å². The van der Waals surface area contributed by atoms with E-state index in [1.54, 1.807) is 57.7 Å². The average molecular weight is 584 g/mol. The SMILES string of the molecule is COc1ccc(-c2c(OC)c3c(OC)c4c(cc3oc2=O)OC(C)(C)C=C4)cc1.COc1cccc2c(C)cc(=O)[nH]c12. The second-order valence-corrected chi connectivity index (χ2v) is 10.5. The van der Waals surface area contributed by atoms with Gasteiger partial charge in [-0.05, 0) is 62.2 Å². The van der Waals surface area contributed by atoms with E-state index in [1.165, 1.54) is 7.11 Å². The Hall–Kier alpha value is -5.18. The molecule has 0 fully saturated rings. The van der Waals surface area contributed by atoms with Gasteiger partial charge in [0.05, 0.1) is 39.5 Å². The Kier molecular flexibility index (Phi) is 7.91. The molecule has 1 aliphatic rings. The van der Waals surface area contributed by atoms with Crippen molar-refractivity contribution in [1.29, 1.82) is 0 Å². The van der Waals surface area contributed by atoms with Crippen molar-refractivity contribution in [3.05, 3.63) is 92.6 Å². The number of ether oxygens (including phenoxy) is 5. The van der Waals surface area contributed by atoms with Crippen LogP contribution in [0.3, 0.4) is 0 Å². The predicted molar refractivity (Wildman–Crippen MR) is 167 cm³/mol. The van der Waals surface area contributed by atoms with Gasteiger partial charge in [0.15, 0.2) is 0 Å². The minimum absolute atomic E-state index is 0.0977. The fourth-order valence-corrected chi connectivity index (χ4v) is 5.15. The zero-order valence-corrected chi connectivity index (χ0v) is 25.1. The molecule has 3 aromatic carbocycles. The summed E-state index contributed by atoms with van der Waals surface area (Å²) in [4.78, 5) is 26.9. The van der Waals surface area contributed by atoms with Crippen molar-refractivity contribution in [2.75, 3.05) is 28.4 Å². The highest BCUT2D eigenvalue weighted by atomic mass is 16.5. The van der Waals surface area contributed by atoms with Crippen molar-refractivity contribution < 1.29 is 28.1 Å². The van der Waals surface area contributed by atoms with Crippen molar-refractivity contribution in [3.63, 3.8) is 0 Å². The van der Waals surface area contributed by atoms with E-state index in [4.69, 9.17) is 28.1 Å². The second kappa shape index (κ2) is 11.6. The summed E-state index contributed by atoms with van der Waals surface area (Å²) in [6.45, 7) is 5.82. The minimum atomic E-state index is -0.507. The van der Waals surface area contributed by atoms with Crippen LogP contribution in [0.15, 0.2) is 74.7 Å². The first-order valence-corrected chi connectivity index (χ1v) is 13.6. The molecular formula is C34H33NO8. The molecule has 0 amide bonds. The maximum Gasteiger partial charge on any atom is 0.347 e. The zero-order valence-electron chi connectivity index (χ0n) is 25.1. The topological polar surface area (TPSA) is 109 Å². The first kappa shape index (κ1) is 29.3. The monoisotopic (exact) mass is 583 g/mol. The van der Waals surface area contributed by atoms with Crippen molar-refractivity contribution in [2.24, 2.45) is 0 Å². The van der Waals surface area contributed by atoms with E-state index >= 15 is 0 Å². The van der Waals surface area contributed by atoms with E-state index in [-0.39, 0.29) is 5.56 Å². The predicted octanol–water partition coefficient (Wildman–Crippen LogP) is 6.52. The Morgan fingerprint density at radius 1 is 0.837 bits per heavy atom. The summed E-state index contributed by atoms with van der Waals surface area (Å²) in [6, 6.07) is 16.1. The number of aryl methyl sites for hydroxylation is 1. The van der Waals surface area contributed by atoms with Gasteiger partial charge in [0.1, 0.15) is 50.9 Å². The van der Waals surface area contributed by atoms with Gasteiger partial charge in [0, 0.05) is 17.5 Å². The lowest BCUT2D eigenvalue weighted by molar-refractivity contribution is 0.158. The van der Waals surface area contributed by atoms with Gasteiger partial charge in [0.2, 0.25) is 5.56 Å². The fourth-order valence-electron chi connectivity index (χ4n) is 5.15. The molecule has 1 aliphatic heterocycles. The second-order valence-electron chi connectivity index (χ2n) is 10.5. The van der Waals surface area contributed by atoms with Crippen LogP contribution in [-0.2, 0) is 0 Å².